The smallest absolute Gasteiger partial charge is 0.255 e. The average molecular weight is 336 g/mol. The van der Waals surface area contributed by atoms with Gasteiger partial charge in [0, 0.05) is 20.2 Å². The second-order valence-corrected chi connectivity index (χ2v) is 6.03. The molecule has 0 radical (unpaired) electrons. The maximum atomic E-state index is 12.5. The SMILES string of the molecule is COCCN1CCC(CNC(=O)c2cccc(OC)c2OC)CC1. The molecular formula is C18H28N2O4. The molecule has 1 aliphatic heterocycles. The first-order chi connectivity index (χ1) is 11.7. The Kier molecular flexibility index (Phi) is 7.34. The van der Waals surface area contributed by atoms with Crippen LogP contribution in [-0.4, -0.2) is 64.9 Å². The number of nitrogens with one attached hydrogen (secondary N) is 1. The molecule has 0 aliphatic carbocycles. The molecule has 2 rings (SSSR count). The molecule has 24 heavy (non-hydrogen) atoms. The summed E-state index contributed by atoms with van der Waals surface area (Å²) in [7, 11) is 4.84. The van der Waals surface area contributed by atoms with Gasteiger partial charge in [-0.3, -0.25) is 4.79 Å². The zero-order valence-electron chi connectivity index (χ0n) is 14.8. The van der Waals surface area contributed by atoms with Crippen molar-refractivity contribution in [2.75, 3.05) is 54.1 Å². The monoisotopic (exact) mass is 336 g/mol. The Morgan fingerprint density at radius 1 is 1.21 bits per heavy atom. The molecule has 6 heteroatoms. The number of ether oxygens (including phenoxy) is 3. The molecule has 1 heterocycles. The quantitative estimate of drug-likeness (QED) is 0.784. The number of amides is 1. The summed E-state index contributed by atoms with van der Waals surface area (Å²) in [5.74, 6) is 1.44. The third kappa shape index (κ3) is 4.85. The lowest BCUT2D eigenvalue weighted by molar-refractivity contribution is 0.0922. The van der Waals surface area contributed by atoms with Crippen molar-refractivity contribution < 1.29 is 19.0 Å². The number of hydrogen-bond donors (Lipinski definition) is 1. The van der Waals surface area contributed by atoms with Gasteiger partial charge in [-0.15, -0.1) is 0 Å². The normalized spacial score (nSPS) is 16.0. The summed E-state index contributed by atoms with van der Waals surface area (Å²) >= 11 is 0. The van der Waals surface area contributed by atoms with Gasteiger partial charge in [0.1, 0.15) is 0 Å². The summed E-state index contributed by atoms with van der Waals surface area (Å²) in [6.45, 7) is 4.57. The van der Waals surface area contributed by atoms with Crippen molar-refractivity contribution in [2.45, 2.75) is 12.8 Å². The first-order valence-electron chi connectivity index (χ1n) is 8.40. The van der Waals surface area contributed by atoms with Crippen LogP contribution >= 0.6 is 0 Å². The maximum absolute atomic E-state index is 12.5. The fraction of sp³-hybridized carbons (Fsp3) is 0.611. The minimum Gasteiger partial charge on any atom is -0.493 e. The van der Waals surface area contributed by atoms with Crippen LogP contribution in [0.5, 0.6) is 11.5 Å². The minimum absolute atomic E-state index is 0.118. The van der Waals surface area contributed by atoms with Crippen LogP contribution in [0.15, 0.2) is 18.2 Å². The third-order valence-electron chi connectivity index (χ3n) is 4.52. The van der Waals surface area contributed by atoms with Gasteiger partial charge in [0.05, 0.1) is 26.4 Å². The van der Waals surface area contributed by atoms with Gasteiger partial charge in [-0.2, -0.15) is 0 Å². The number of likely N-dealkylation sites (tertiary alicyclic amines) is 1. The number of carbonyl (C=O) groups is 1. The van der Waals surface area contributed by atoms with Crippen LogP contribution in [0.3, 0.4) is 0 Å². The highest BCUT2D eigenvalue weighted by atomic mass is 16.5. The summed E-state index contributed by atoms with van der Waals surface area (Å²) in [6, 6.07) is 5.33. The largest absolute Gasteiger partial charge is 0.493 e. The summed E-state index contributed by atoms with van der Waals surface area (Å²) in [5, 5.41) is 3.04. The second kappa shape index (κ2) is 9.49. The van der Waals surface area contributed by atoms with E-state index in [2.05, 4.69) is 10.2 Å². The first kappa shape index (κ1) is 18.5. The van der Waals surface area contributed by atoms with E-state index in [1.165, 1.54) is 0 Å². The maximum Gasteiger partial charge on any atom is 0.255 e. The molecule has 1 aliphatic rings. The van der Waals surface area contributed by atoms with Crippen LogP contribution in [0.4, 0.5) is 0 Å². The van der Waals surface area contributed by atoms with E-state index in [1.54, 1.807) is 39.5 Å². The Morgan fingerprint density at radius 2 is 1.96 bits per heavy atom. The van der Waals surface area contributed by atoms with Crippen molar-refractivity contribution in [3.63, 3.8) is 0 Å². The van der Waals surface area contributed by atoms with Crippen molar-refractivity contribution in [1.82, 2.24) is 10.2 Å². The summed E-state index contributed by atoms with van der Waals surface area (Å²) in [4.78, 5) is 14.9. The Balaban J connectivity index is 1.84. The molecule has 1 N–H and O–H groups in total. The highest BCUT2D eigenvalue weighted by Gasteiger charge is 2.21. The number of methoxy groups -OCH3 is 3. The van der Waals surface area contributed by atoms with E-state index in [9.17, 15) is 4.79 Å². The van der Waals surface area contributed by atoms with E-state index in [4.69, 9.17) is 14.2 Å². The fourth-order valence-corrected chi connectivity index (χ4v) is 3.03. The predicted octanol–water partition coefficient (Wildman–Crippen LogP) is 1.79. The number of hydrogen-bond acceptors (Lipinski definition) is 5. The fourth-order valence-electron chi connectivity index (χ4n) is 3.03. The molecule has 0 spiro atoms. The molecule has 0 atom stereocenters. The topological polar surface area (TPSA) is 60.0 Å². The van der Waals surface area contributed by atoms with Crippen molar-refractivity contribution in [1.29, 1.82) is 0 Å². The number of nitrogens with zero attached hydrogens (tertiary/aromatic N) is 1. The van der Waals surface area contributed by atoms with Gasteiger partial charge in [-0.1, -0.05) is 6.07 Å². The zero-order valence-corrected chi connectivity index (χ0v) is 14.8. The Bertz CT molecular complexity index is 528. The molecule has 134 valence electrons. The molecule has 6 nitrogen and oxygen atoms in total. The van der Waals surface area contributed by atoms with Crippen LogP contribution in [-0.2, 0) is 4.74 Å². The first-order valence-corrected chi connectivity index (χ1v) is 8.40. The molecule has 0 bridgehead atoms. The van der Waals surface area contributed by atoms with Gasteiger partial charge in [0.25, 0.3) is 5.91 Å². The molecule has 0 unspecified atom stereocenters. The molecule has 1 aromatic rings. The van der Waals surface area contributed by atoms with E-state index >= 15 is 0 Å². The van der Waals surface area contributed by atoms with Gasteiger partial charge in [0.15, 0.2) is 11.5 Å². The van der Waals surface area contributed by atoms with Crippen LogP contribution in [0.2, 0.25) is 0 Å². The standard InChI is InChI=1S/C18H28N2O4/c1-22-12-11-20-9-7-14(8-10-20)13-19-18(21)15-5-4-6-16(23-2)17(15)24-3/h4-6,14H,7-13H2,1-3H3,(H,19,21). The lowest BCUT2D eigenvalue weighted by Gasteiger charge is -2.31. The molecule has 1 fully saturated rings. The zero-order chi connectivity index (χ0) is 17.4. The van der Waals surface area contributed by atoms with E-state index in [0.29, 0.717) is 29.5 Å². The third-order valence-corrected chi connectivity index (χ3v) is 4.52. The lowest BCUT2D eigenvalue weighted by atomic mass is 9.96. The molecule has 1 amide bonds. The van der Waals surface area contributed by atoms with Crippen molar-refractivity contribution in [3.8, 4) is 11.5 Å². The second-order valence-electron chi connectivity index (χ2n) is 6.03. The van der Waals surface area contributed by atoms with Gasteiger partial charge < -0.3 is 24.4 Å². The Morgan fingerprint density at radius 3 is 2.58 bits per heavy atom. The number of para-hydroxylation sites is 1. The van der Waals surface area contributed by atoms with Crippen LogP contribution in [0, 0.1) is 5.92 Å². The Labute approximate surface area is 144 Å². The highest BCUT2D eigenvalue weighted by Crippen LogP contribution is 2.30. The highest BCUT2D eigenvalue weighted by molar-refractivity contribution is 5.97. The number of benzene rings is 1. The van der Waals surface area contributed by atoms with Crippen molar-refractivity contribution >= 4 is 5.91 Å². The van der Waals surface area contributed by atoms with Crippen molar-refractivity contribution in [3.05, 3.63) is 23.8 Å². The average Bonchev–Trinajstić information content (AvgIpc) is 2.64. The van der Waals surface area contributed by atoms with Gasteiger partial charge in [0.2, 0.25) is 0 Å². The Hall–Kier alpha value is -1.79. The molecule has 0 saturated carbocycles. The summed E-state index contributed by atoms with van der Waals surface area (Å²) in [5.41, 5.74) is 0.509. The van der Waals surface area contributed by atoms with E-state index in [0.717, 1.165) is 39.1 Å². The number of piperidine rings is 1. The lowest BCUT2D eigenvalue weighted by Crippen LogP contribution is -2.39. The molecule has 1 aromatic carbocycles. The molecule has 1 saturated heterocycles. The molecular weight excluding hydrogens is 308 g/mol. The minimum atomic E-state index is -0.118. The van der Waals surface area contributed by atoms with Gasteiger partial charge >= 0.3 is 0 Å². The predicted molar refractivity (Wildman–Crippen MR) is 92.9 cm³/mol. The van der Waals surface area contributed by atoms with Crippen LogP contribution < -0.4 is 14.8 Å². The van der Waals surface area contributed by atoms with E-state index in [1.807, 2.05) is 0 Å². The van der Waals surface area contributed by atoms with Gasteiger partial charge in [-0.05, 0) is 44.0 Å². The summed E-state index contributed by atoms with van der Waals surface area (Å²) in [6.07, 6.45) is 2.19. The summed E-state index contributed by atoms with van der Waals surface area (Å²) < 4.78 is 15.7. The number of rotatable bonds is 8. The van der Waals surface area contributed by atoms with Crippen LogP contribution in [0.1, 0.15) is 23.2 Å². The molecule has 0 aromatic heterocycles. The van der Waals surface area contributed by atoms with E-state index in [-0.39, 0.29) is 5.91 Å². The van der Waals surface area contributed by atoms with Crippen molar-refractivity contribution in [2.24, 2.45) is 5.92 Å². The van der Waals surface area contributed by atoms with Gasteiger partial charge in [-0.25, -0.2) is 0 Å². The van der Waals surface area contributed by atoms with Crippen LogP contribution in [0.25, 0.3) is 0 Å². The number of carbonyl (C=O) groups excluding carboxylic acids is 1. The van der Waals surface area contributed by atoms with E-state index < -0.39 is 0 Å².